The van der Waals surface area contributed by atoms with E-state index in [2.05, 4.69) is 5.10 Å². The molecule has 0 aliphatic rings. The number of anilines is 1. The lowest BCUT2D eigenvalue weighted by molar-refractivity contribution is -0.141. The first-order valence-electron chi connectivity index (χ1n) is 4.98. The SMILES string of the molecule is Cc1ccc(-n2nc(C(F)(F)F)cc2N)cc1Cl. The fourth-order valence-corrected chi connectivity index (χ4v) is 1.63. The second-order valence-electron chi connectivity index (χ2n) is 3.80. The van der Waals surface area contributed by atoms with Gasteiger partial charge in [-0.15, -0.1) is 0 Å². The van der Waals surface area contributed by atoms with Crippen LogP contribution in [0.4, 0.5) is 19.0 Å². The Labute approximate surface area is 106 Å². The molecule has 2 N–H and O–H groups in total. The van der Waals surface area contributed by atoms with Crippen LogP contribution in [0, 0.1) is 6.92 Å². The fraction of sp³-hybridized carbons (Fsp3) is 0.182. The fourth-order valence-electron chi connectivity index (χ4n) is 1.45. The van der Waals surface area contributed by atoms with Gasteiger partial charge in [-0.25, -0.2) is 4.68 Å². The third-order valence-corrected chi connectivity index (χ3v) is 2.83. The summed E-state index contributed by atoms with van der Waals surface area (Å²) < 4.78 is 38.5. The van der Waals surface area contributed by atoms with E-state index in [1.807, 2.05) is 0 Å². The molecule has 0 aliphatic carbocycles. The van der Waals surface area contributed by atoms with Gasteiger partial charge in [0.25, 0.3) is 0 Å². The molecule has 0 aliphatic heterocycles. The molecule has 0 amide bonds. The molecule has 2 aromatic rings. The van der Waals surface area contributed by atoms with E-state index in [0.29, 0.717) is 10.7 Å². The molecule has 0 bridgehead atoms. The molecule has 0 saturated carbocycles. The van der Waals surface area contributed by atoms with Crippen LogP contribution in [-0.4, -0.2) is 9.78 Å². The largest absolute Gasteiger partial charge is 0.435 e. The van der Waals surface area contributed by atoms with Gasteiger partial charge in [0.1, 0.15) is 5.82 Å². The molecule has 2 rings (SSSR count). The molecule has 1 aromatic heterocycles. The maximum atomic E-state index is 12.5. The zero-order valence-electron chi connectivity index (χ0n) is 9.29. The zero-order chi connectivity index (χ0) is 13.5. The Hall–Kier alpha value is -1.69. The first-order valence-corrected chi connectivity index (χ1v) is 5.36. The van der Waals surface area contributed by atoms with Crippen LogP contribution in [0.2, 0.25) is 5.02 Å². The minimum Gasteiger partial charge on any atom is -0.384 e. The molecule has 96 valence electrons. The second-order valence-corrected chi connectivity index (χ2v) is 4.20. The van der Waals surface area contributed by atoms with E-state index in [9.17, 15) is 13.2 Å². The maximum Gasteiger partial charge on any atom is 0.435 e. The van der Waals surface area contributed by atoms with E-state index in [1.54, 1.807) is 19.1 Å². The van der Waals surface area contributed by atoms with Crippen LogP contribution in [0.5, 0.6) is 0 Å². The van der Waals surface area contributed by atoms with Gasteiger partial charge in [0.05, 0.1) is 5.69 Å². The Balaban J connectivity index is 2.51. The van der Waals surface area contributed by atoms with Crippen LogP contribution in [-0.2, 0) is 6.18 Å². The van der Waals surface area contributed by atoms with Gasteiger partial charge in [-0.3, -0.25) is 0 Å². The second kappa shape index (κ2) is 4.20. The molecule has 7 heteroatoms. The van der Waals surface area contributed by atoms with E-state index in [-0.39, 0.29) is 5.82 Å². The summed E-state index contributed by atoms with van der Waals surface area (Å²) >= 11 is 5.91. The maximum absolute atomic E-state index is 12.5. The normalized spacial score (nSPS) is 11.8. The zero-order valence-corrected chi connectivity index (χ0v) is 10.0. The van der Waals surface area contributed by atoms with Crippen LogP contribution in [0.25, 0.3) is 5.69 Å². The van der Waals surface area contributed by atoms with Crippen LogP contribution in [0.3, 0.4) is 0 Å². The van der Waals surface area contributed by atoms with E-state index >= 15 is 0 Å². The quantitative estimate of drug-likeness (QED) is 0.866. The number of rotatable bonds is 1. The highest BCUT2D eigenvalue weighted by atomic mass is 35.5. The van der Waals surface area contributed by atoms with E-state index in [0.717, 1.165) is 16.3 Å². The highest BCUT2D eigenvalue weighted by Crippen LogP contribution is 2.30. The highest BCUT2D eigenvalue weighted by molar-refractivity contribution is 6.31. The van der Waals surface area contributed by atoms with Crippen molar-refractivity contribution in [3.05, 3.63) is 40.5 Å². The number of benzene rings is 1. The summed E-state index contributed by atoms with van der Waals surface area (Å²) in [5.74, 6) is -0.0951. The molecule has 0 atom stereocenters. The van der Waals surface area contributed by atoms with Crippen LogP contribution >= 0.6 is 11.6 Å². The van der Waals surface area contributed by atoms with E-state index in [1.165, 1.54) is 6.07 Å². The van der Waals surface area contributed by atoms with Crippen LogP contribution < -0.4 is 5.73 Å². The number of alkyl halides is 3. The number of aryl methyl sites for hydroxylation is 1. The number of hydrogen-bond donors (Lipinski definition) is 1. The molecule has 0 spiro atoms. The van der Waals surface area contributed by atoms with Crippen molar-refractivity contribution < 1.29 is 13.2 Å². The minimum atomic E-state index is -4.52. The van der Waals surface area contributed by atoms with Gasteiger partial charge in [0, 0.05) is 11.1 Å². The smallest absolute Gasteiger partial charge is 0.384 e. The number of nitrogens with two attached hydrogens (primary N) is 1. The number of halogens is 4. The van der Waals surface area contributed by atoms with Crippen molar-refractivity contribution in [2.24, 2.45) is 0 Å². The lowest BCUT2D eigenvalue weighted by Gasteiger charge is -2.06. The highest BCUT2D eigenvalue weighted by Gasteiger charge is 2.34. The number of aromatic nitrogens is 2. The van der Waals surface area contributed by atoms with Crippen LogP contribution in [0.15, 0.2) is 24.3 Å². The summed E-state index contributed by atoms with van der Waals surface area (Å²) in [4.78, 5) is 0. The van der Waals surface area contributed by atoms with Crippen molar-refractivity contribution >= 4 is 17.4 Å². The average molecular weight is 276 g/mol. The monoisotopic (exact) mass is 275 g/mol. The average Bonchev–Trinajstić information content (AvgIpc) is 2.64. The number of hydrogen-bond acceptors (Lipinski definition) is 2. The topological polar surface area (TPSA) is 43.8 Å². The van der Waals surface area contributed by atoms with Crippen molar-refractivity contribution in [1.29, 1.82) is 0 Å². The van der Waals surface area contributed by atoms with E-state index < -0.39 is 11.9 Å². The Bertz CT molecular complexity index is 590. The van der Waals surface area contributed by atoms with Gasteiger partial charge in [0.2, 0.25) is 0 Å². The summed E-state index contributed by atoms with van der Waals surface area (Å²) in [6, 6.07) is 5.59. The standard InChI is InChI=1S/C11H9ClF3N3/c1-6-2-3-7(4-8(6)12)18-10(16)5-9(17-18)11(13,14)15/h2-5H,16H2,1H3. The van der Waals surface area contributed by atoms with Gasteiger partial charge in [-0.2, -0.15) is 18.3 Å². The lowest BCUT2D eigenvalue weighted by atomic mass is 10.2. The third-order valence-electron chi connectivity index (χ3n) is 2.43. The number of nitrogen functional groups attached to an aromatic ring is 1. The summed E-state index contributed by atoms with van der Waals surface area (Å²) in [5.41, 5.74) is 5.69. The summed E-state index contributed by atoms with van der Waals surface area (Å²) in [6.45, 7) is 1.79. The molecule has 0 fully saturated rings. The van der Waals surface area contributed by atoms with Gasteiger partial charge >= 0.3 is 6.18 Å². The van der Waals surface area contributed by atoms with Crippen molar-refractivity contribution in [3.63, 3.8) is 0 Å². The first-order chi connectivity index (χ1) is 8.29. The molecule has 18 heavy (non-hydrogen) atoms. The molecule has 0 saturated heterocycles. The molecule has 1 heterocycles. The summed E-state index contributed by atoms with van der Waals surface area (Å²) in [6.07, 6.45) is -4.52. The van der Waals surface area contributed by atoms with Crippen LogP contribution in [0.1, 0.15) is 11.3 Å². The van der Waals surface area contributed by atoms with Crippen molar-refractivity contribution in [1.82, 2.24) is 9.78 Å². The number of nitrogens with zero attached hydrogens (tertiary/aromatic N) is 2. The Morgan fingerprint density at radius 3 is 2.44 bits per heavy atom. The Morgan fingerprint density at radius 1 is 1.28 bits per heavy atom. The van der Waals surface area contributed by atoms with Gasteiger partial charge in [-0.05, 0) is 24.6 Å². The molecule has 3 nitrogen and oxygen atoms in total. The lowest BCUT2D eigenvalue weighted by Crippen LogP contribution is -2.07. The van der Waals surface area contributed by atoms with Crippen molar-refractivity contribution in [2.75, 3.05) is 5.73 Å². The predicted molar refractivity (Wildman–Crippen MR) is 62.7 cm³/mol. The summed E-state index contributed by atoms with van der Waals surface area (Å²) in [7, 11) is 0. The summed E-state index contributed by atoms with van der Waals surface area (Å²) in [5, 5.41) is 3.87. The van der Waals surface area contributed by atoms with Gasteiger partial charge in [0.15, 0.2) is 5.69 Å². The van der Waals surface area contributed by atoms with Gasteiger partial charge in [-0.1, -0.05) is 17.7 Å². The van der Waals surface area contributed by atoms with Crippen molar-refractivity contribution in [3.8, 4) is 5.69 Å². The van der Waals surface area contributed by atoms with Gasteiger partial charge < -0.3 is 5.73 Å². The Morgan fingerprint density at radius 2 is 1.94 bits per heavy atom. The third kappa shape index (κ3) is 2.28. The molecule has 1 aromatic carbocycles. The molecular formula is C11H9ClF3N3. The first kappa shape index (κ1) is 12.8. The molecule has 0 unspecified atom stereocenters. The molecular weight excluding hydrogens is 267 g/mol. The predicted octanol–water partition coefficient (Wildman–Crippen LogP) is 3.44. The molecule has 0 radical (unpaired) electrons. The van der Waals surface area contributed by atoms with Crippen molar-refractivity contribution in [2.45, 2.75) is 13.1 Å². The minimum absolute atomic E-state index is 0.0951. The Kier molecular flexibility index (Phi) is 2.98. The van der Waals surface area contributed by atoms with E-state index in [4.69, 9.17) is 17.3 Å².